The van der Waals surface area contributed by atoms with Crippen molar-refractivity contribution in [2.45, 2.75) is 0 Å². The van der Waals surface area contributed by atoms with E-state index in [1.54, 1.807) is 6.07 Å². The van der Waals surface area contributed by atoms with E-state index >= 15 is 0 Å². The average Bonchev–Trinajstić information content (AvgIpc) is 2.39. The van der Waals surface area contributed by atoms with Gasteiger partial charge in [-0.3, -0.25) is 0 Å². The van der Waals surface area contributed by atoms with Gasteiger partial charge < -0.3 is 15.2 Å². The van der Waals surface area contributed by atoms with Gasteiger partial charge in [-0.1, -0.05) is 0 Å². The van der Waals surface area contributed by atoms with Gasteiger partial charge in [0.25, 0.3) is 0 Å². The minimum Gasteiger partial charge on any atom is -0.494 e. The number of nitrogens with one attached hydrogen (secondary N) is 1. The molecule has 0 atom stereocenters. The highest BCUT2D eigenvalue weighted by Crippen LogP contribution is 2.23. The molecule has 0 aliphatic rings. The SMILES string of the molecule is COc1ccc(Nc2ncncc2C(=O)O)cc1F. The molecule has 0 saturated carbocycles. The number of nitrogens with zero attached hydrogens (tertiary/aromatic N) is 2. The van der Waals surface area contributed by atoms with E-state index in [0.717, 1.165) is 6.20 Å². The summed E-state index contributed by atoms with van der Waals surface area (Å²) in [4.78, 5) is 18.4. The normalized spacial score (nSPS) is 10.0. The molecule has 2 rings (SSSR count). The van der Waals surface area contributed by atoms with Gasteiger partial charge in [0.05, 0.1) is 7.11 Å². The Kier molecular flexibility index (Phi) is 3.56. The van der Waals surface area contributed by atoms with Gasteiger partial charge in [-0.15, -0.1) is 0 Å². The summed E-state index contributed by atoms with van der Waals surface area (Å²) in [6.07, 6.45) is 2.37. The third-order valence-corrected chi connectivity index (χ3v) is 2.36. The summed E-state index contributed by atoms with van der Waals surface area (Å²) in [5.74, 6) is -1.53. The van der Waals surface area contributed by atoms with Crippen LogP contribution >= 0.6 is 0 Å². The molecule has 0 saturated heterocycles. The van der Waals surface area contributed by atoms with Gasteiger partial charge >= 0.3 is 5.97 Å². The average molecular weight is 263 g/mol. The number of benzene rings is 1. The fraction of sp³-hybridized carbons (Fsp3) is 0.0833. The maximum absolute atomic E-state index is 13.5. The lowest BCUT2D eigenvalue weighted by Gasteiger charge is -2.09. The third kappa shape index (κ3) is 2.76. The molecule has 1 aromatic carbocycles. The van der Waals surface area contributed by atoms with Crippen LogP contribution < -0.4 is 10.1 Å². The Morgan fingerprint density at radius 2 is 2.26 bits per heavy atom. The molecule has 0 amide bonds. The van der Waals surface area contributed by atoms with Crippen LogP contribution in [0.4, 0.5) is 15.9 Å². The number of hydrogen-bond acceptors (Lipinski definition) is 5. The van der Waals surface area contributed by atoms with Crippen LogP contribution in [0.15, 0.2) is 30.7 Å². The highest BCUT2D eigenvalue weighted by Gasteiger charge is 2.12. The van der Waals surface area contributed by atoms with E-state index in [4.69, 9.17) is 9.84 Å². The van der Waals surface area contributed by atoms with Crippen molar-refractivity contribution >= 4 is 17.5 Å². The van der Waals surface area contributed by atoms with Gasteiger partial charge in [-0.05, 0) is 12.1 Å². The zero-order valence-corrected chi connectivity index (χ0v) is 9.92. The van der Waals surface area contributed by atoms with Crippen LogP contribution in [0.3, 0.4) is 0 Å². The van der Waals surface area contributed by atoms with Gasteiger partial charge in [-0.2, -0.15) is 0 Å². The summed E-state index contributed by atoms with van der Waals surface area (Å²) in [5, 5.41) is 11.7. The van der Waals surface area contributed by atoms with Crippen LogP contribution in [0.1, 0.15) is 10.4 Å². The first-order chi connectivity index (χ1) is 9.11. The molecule has 0 radical (unpaired) electrons. The molecule has 0 unspecified atom stereocenters. The number of rotatable bonds is 4. The second-order valence-corrected chi connectivity index (χ2v) is 3.56. The van der Waals surface area contributed by atoms with Crippen molar-refractivity contribution in [1.29, 1.82) is 0 Å². The van der Waals surface area contributed by atoms with Crippen LogP contribution in [0.25, 0.3) is 0 Å². The molecule has 98 valence electrons. The van der Waals surface area contributed by atoms with E-state index < -0.39 is 11.8 Å². The largest absolute Gasteiger partial charge is 0.494 e. The smallest absolute Gasteiger partial charge is 0.341 e. The van der Waals surface area contributed by atoms with Gasteiger partial charge in [0.1, 0.15) is 17.7 Å². The van der Waals surface area contributed by atoms with E-state index in [9.17, 15) is 9.18 Å². The fourth-order valence-electron chi connectivity index (χ4n) is 1.47. The lowest BCUT2D eigenvalue weighted by atomic mass is 10.2. The predicted molar refractivity (Wildman–Crippen MR) is 65.2 cm³/mol. The van der Waals surface area contributed by atoms with E-state index in [1.807, 2.05) is 0 Å². The lowest BCUT2D eigenvalue weighted by molar-refractivity contribution is 0.0697. The number of methoxy groups -OCH3 is 1. The van der Waals surface area contributed by atoms with Gasteiger partial charge in [-0.25, -0.2) is 19.2 Å². The molecule has 0 aliphatic carbocycles. The minimum atomic E-state index is -1.17. The Morgan fingerprint density at radius 1 is 1.47 bits per heavy atom. The summed E-state index contributed by atoms with van der Waals surface area (Å²) in [7, 11) is 1.36. The van der Waals surface area contributed by atoms with Crippen molar-refractivity contribution in [2.24, 2.45) is 0 Å². The highest BCUT2D eigenvalue weighted by molar-refractivity contribution is 5.93. The Bertz CT molecular complexity index is 619. The molecule has 2 N–H and O–H groups in total. The molecule has 0 bridgehead atoms. The molecule has 1 aromatic heterocycles. The molecule has 0 fully saturated rings. The first-order valence-corrected chi connectivity index (χ1v) is 5.25. The maximum atomic E-state index is 13.5. The zero-order valence-electron chi connectivity index (χ0n) is 9.92. The summed E-state index contributed by atoms with van der Waals surface area (Å²) in [5.41, 5.74) is 0.262. The quantitative estimate of drug-likeness (QED) is 0.878. The minimum absolute atomic E-state index is 0.0899. The van der Waals surface area contributed by atoms with Crippen molar-refractivity contribution in [3.8, 4) is 5.75 Å². The van der Waals surface area contributed by atoms with Crippen molar-refractivity contribution in [1.82, 2.24) is 9.97 Å². The third-order valence-electron chi connectivity index (χ3n) is 2.36. The molecule has 19 heavy (non-hydrogen) atoms. The number of ether oxygens (including phenoxy) is 1. The molecule has 6 nitrogen and oxygen atoms in total. The lowest BCUT2D eigenvalue weighted by Crippen LogP contribution is -2.05. The standard InChI is InChI=1S/C12H10FN3O3/c1-19-10-3-2-7(4-9(10)13)16-11-8(12(17)18)5-14-6-15-11/h2-6H,1H3,(H,17,18)(H,14,15,16). The number of aromatic nitrogens is 2. The summed E-state index contributed by atoms with van der Waals surface area (Å²) >= 11 is 0. The highest BCUT2D eigenvalue weighted by atomic mass is 19.1. The summed E-state index contributed by atoms with van der Waals surface area (Å²) in [6, 6.07) is 4.17. The van der Waals surface area contributed by atoms with Crippen molar-refractivity contribution in [3.05, 3.63) is 42.1 Å². The van der Waals surface area contributed by atoms with E-state index in [2.05, 4.69) is 15.3 Å². The Morgan fingerprint density at radius 3 is 2.89 bits per heavy atom. The van der Waals surface area contributed by atoms with Gasteiger partial charge in [0, 0.05) is 18.0 Å². The van der Waals surface area contributed by atoms with Crippen molar-refractivity contribution in [3.63, 3.8) is 0 Å². The Balaban J connectivity index is 2.31. The number of halogens is 1. The second-order valence-electron chi connectivity index (χ2n) is 3.56. The van der Waals surface area contributed by atoms with Crippen LogP contribution in [0.2, 0.25) is 0 Å². The molecule has 1 heterocycles. The molecule has 0 spiro atoms. The van der Waals surface area contributed by atoms with Crippen molar-refractivity contribution in [2.75, 3.05) is 12.4 Å². The Hall–Kier alpha value is -2.70. The van der Waals surface area contributed by atoms with E-state index in [0.29, 0.717) is 5.69 Å². The number of hydrogen-bond donors (Lipinski definition) is 2. The molecule has 0 aliphatic heterocycles. The monoisotopic (exact) mass is 263 g/mol. The summed E-state index contributed by atoms with van der Waals surface area (Å²) in [6.45, 7) is 0. The topological polar surface area (TPSA) is 84.3 Å². The van der Waals surface area contributed by atoms with Gasteiger partial charge in [0.15, 0.2) is 11.6 Å². The van der Waals surface area contributed by atoms with Crippen LogP contribution in [-0.4, -0.2) is 28.2 Å². The van der Waals surface area contributed by atoms with E-state index in [-0.39, 0.29) is 17.1 Å². The molecule has 7 heteroatoms. The number of carbonyl (C=O) groups is 1. The first kappa shape index (κ1) is 12.7. The van der Waals surface area contributed by atoms with Crippen LogP contribution in [0.5, 0.6) is 5.75 Å². The first-order valence-electron chi connectivity index (χ1n) is 5.25. The second kappa shape index (κ2) is 5.30. The Labute approximate surface area is 107 Å². The molecular weight excluding hydrogens is 253 g/mol. The van der Waals surface area contributed by atoms with Crippen LogP contribution in [-0.2, 0) is 0 Å². The van der Waals surface area contributed by atoms with Gasteiger partial charge in [0.2, 0.25) is 0 Å². The fourth-order valence-corrected chi connectivity index (χ4v) is 1.47. The maximum Gasteiger partial charge on any atom is 0.341 e. The summed E-state index contributed by atoms with van der Waals surface area (Å²) < 4.78 is 18.3. The molecular formula is C12H10FN3O3. The predicted octanol–water partition coefficient (Wildman–Crippen LogP) is 2.07. The zero-order chi connectivity index (χ0) is 13.8. The van der Waals surface area contributed by atoms with E-state index in [1.165, 1.54) is 25.6 Å². The molecule has 2 aromatic rings. The number of aromatic carboxylic acids is 1. The number of anilines is 2. The van der Waals surface area contributed by atoms with Crippen LogP contribution in [0, 0.1) is 5.82 Å². The van der Waals surface area contributed by atoms with Crippen molar-refractivity contribution < 1.29 is 19.0 Å². The number of carboxylic acid groups (broad SMARTS) is 1. The number of carboxylic acids is 1.